The molecule has 0 saturated carbocycles. The second-order valence-electron chi connectivity index (χ2n) is 4.38. The number of carbonyl (C=O) groups is 1. The summed E-state index contributed by atoms with van der Waals surface area (Å²) in [6.07, 6.45) is 0.584. The van der Waals surface area contributed by atoms with Crippen LogP contribution < -0.4 is 4.72 Å². The van der Waals surface area contributed by atoms with Gasteiger partial charge < -0.3 is 9.47 Å². The molecule has 2 saturated heterocycles. The van der Waals surface area contributed by atoms with Gasteiger partial charge in [-0.3, -0.25) is 4.90 Å². The molecule has 2 fully saturated rings. The van der Waals surface area contributed by atoms with Gasteiger partial charge in [-0.15, -0.1) is 0 Å². The molecule has 1 amide bonds. The second kappa shape index (κ2) is 4.43. The van der Waals surface area contributed by atoms with E-state index in [0.717, 1.165) is 6.26 Å². The molecule has 0 aromatic heterocycles. The van der Waals surface area contributed by atoms with E-state index in [0.29, 0.717) is 19.6 Å². The number of carbonyl (C=O) groups excluding carboxylic acids is 1. The van der Waals surface area contributed by atoms with Gasteiger partial charge in [-0.2, -0.15) is 4.72 Å². The number of fused-ring (bicyclic) bond motifs is 1. The summed E-state index contributed by atoms with van der Waals surface area (Å²) in [5.41, 5.74) is 0. The number of methoxy groups -OCH3 is 1. The molecular formula is C9H16N2O5S. The van der Waals surface area contributed by atoms with E-state index in [1.165, 1.54) is 12.0 Å². The highest BCUT2D eigenvalue weighted by molar-refractivity contribution is 7.88. The van der Waals surface area contributed by atoms with Crippen molar-refractivity contribution in [3.63, 3.8) is 0 Å². The Morgan fingerprint density at radius 1 is 1.47 bits per heavy atom. The van der Waals surface area contributed by atoms with E-state index in [2.05, 4.69) is 9.46 Å². The van der Waals surface area contributed by atoms with Gasteiger partial charge in [0.25, 0.3) is 0 Å². The Bertz CT molecular complexity index is 410. The molecule has 3 atom stereocenters. The number of sulfonamides is 1. The molecule has 7 nitrogen and oxygen atoms in total. The molecule has 1 N–H and O–H groups in total. The Balaban J connectivity index is 2.18. The molecule has 0 aliphatic carbocycles. The fourth-order valence-corrected chi connectivity index (χ4v) is 3.18. The monoisotopic (exact) mass is 264 g/mol. The fraction of sp³-hybridized carbons (Fsp3) is 0.889. The van der Waals surface area contributed by atoms with Crippen molar-refractivity contribution in [2.24, 2.45) is 5.92 Å². The summed E-state index contributed by atoms with van der Waals surface area (Å²) in [5.74, 6) is 0.174. The lowest BCUT2D eigenvalue weighted by Crippen LogP contribution is -2.50. The van der Waals surface area contributed by atoms with Crippen molar-refractivity contribution in [1.82, 2.24) is 9.62 Å². The summed E-state index contributed by atoms with van der Waals surface area (Å²) in [4.78, 5) is 13.1. The normalized spacial score (nSPS) is 32.6. The van der Waals surface area contributed by atoms with Crippen LogP contribution >= 0.6 is 0 Å². The SMILES string of the molecule is COC(=O)N1C(NS(C)(=O)=O)CC2COCC21. The van der Waals surface area contributed by atoms with Gasteiger partial charge in [0.15, 0.2) is 0 Å². The smallest absolute Gasteiger partial charge is 0.411 e. The summed E-state index contributed by atoms with van der Waals surface area (Å²) >= 11 is 0. The minimum absolute atomic E-state index is 0.0956. The topological polar surface area (TPSA) is 84.9 Å². The van der Waals surface area contributed by atoms with Crippen molar-refractivity contribution in [3.05, 3.63) is 0 Å². The molecule has 0 spiro atoms. The average molecular weight is 264 g/mol. The highest BCUT2D eigenvalue weighted by Crippen LogP contribution is 2.33. The third kappa shape index (κ3) is 2.53. The van der Waals surface area contributed by atoms with Crippen LogP contribution in [0, 0.1) is 5.92 Å². The van der Waals surface area contributed by atoms with Crippen LogP contribution in [0.4, 0.5) is 4.79 Å². The summed E-state index contributed by atoms with van der Waals surface area (Å²) < 4.78 is 34.9. The minimum atomic E-state index is -3.35. The van der Waals surface area contributed by atoms with Gasteiger partial charge in [0.05, 0.1) is 38.8 Å². The van der Waals surface area contributed by atoms with E-state index in [9.17, 15) is 13.2 Å². The van der Waals surface area contributed by atoms with Crippen LogP contribution in [-0.2, 0) is 19.5 Å². The molecule has 2 rings (SSSR count). The molecular weight excluding hydrogens is 248 g/mol. The number of likely N-dealkylation sites (tertiary alicyclic amines) is 1. The van der Waals surface area contributed by atoms with E-state index >= 15 is 0 Å². The van der Waals surface area contributed by atoms with Crippen LogP contribution in [-0.4, -0.2) is 58.2 Å². The molecule has 0 radical (unpaired) electrons. The van der Waals surface area contributed by atoms with Gasteiger partial charge in [-0.1, -0.05) is 0 Å². The van der Waals surface area contributed by atoms with E-state index in [4.69, 9.17) is 4.74 Å². The average Bonchev–Trinajstić information content (AvgIpc) is 2.73. The van der Waals surface area contributed by atoms with Crippen LogP contribution in [0.15, 0.2) is 0 Å². The highest BCUT2D eigenvalue weighted by atomic mass is 32.2. The van der Waals surface area contributed by atoms with Gasteiger partial charge in [0.1, 0.15) is 0 Å². The number of ether oxygens (including phenoxy) is 2. The van der Waals surface area contributed by atoms with Crippen molar-refractivity contribution in [2.45, 2.75) is 18.6 Å². The minimum Gasteiger partial charge on any atom is -0.453 e. The van der Waals surface area contributed by atoms with Crippen molar-refractivity contribution < 1.29 is 22.7 Å². The van der Waals surface area contributed by atoms with Crippen LogP contribution in [0.3, 0.4) is 0 Å². The molecule has 8 heteroatoms. The Labute approximate surface area is 100 Å². The maximum Gasteiger partial charge on any atom is 0.411 e. The van der Waals surface area contributed by atoms with Gasteiger partial charge in [-0.05, 0) is 6.42 Å². The van der Waals surface area contributed by atoms with E-state index in [1.807, 2.05) is 0 Å². The number of nitrogens with one attached hydrogen (secondary N) is 1. The zero-order valence-electron chi connectivity index (χ0n) is 9.75. The molecule has 3 unspecified atom stereocenters. The van der Waals surface area contributed by atoms with Gasteiger partial charge >= 0.3 is 6.09 Å². The fourth-order valence-electron chi connectivity index (χ4n) is 2.47. The third-order valence-corrected chi connectivity index (χ3v) is 3.82. The summed E-state index contributed by atoms with van der Waals surface area (Å²) in [5, 5.41) is 0. The van der Waals surface area contributed by atoms with E-state index < -0.39 is 22.3 Å². The first-order valence-electron chi connectivity index (χ1n) is 5.33. The van der Waals surface area contributed by atoms with Crippen molar-refractivity contribution >= 4 is 16.1 Å². The van der Waals surface area contributed by atoms with Crippen LogP contribution in [0.5, 0.6) is 0 Å². The first-order valence-corrected chi connectivity index (χ1v) is 7.23. The molecule has 0 aromatic carbocycles. The zero-order valence-corrected chi connectivity index (χ0v) is 10.6. The van der Waals surface area contributed by atoms with Gasteiger partial charge in [0.2, 0.25) is 10.0 Å². The second-order valence-corrected chi connectivity index (χ2v) is 6.16. The number of hydrogen-bond donors (Lipinski definition) is 1. The zero-order chi connectivity index (χ0) is 12.6. The van der Waals surface area contributed by atoms with Crippen LogP contribution in [0.2, 0.25) is 0 Å². The molecule has 0 bridgehead atoms. The number of amides is 1. The van der Waals surface area contributed by atoms with Crippen molar-refractivity contribution in [2.75, 3.05) is 26.6 Å². The highest BCUT2D eigenvalue weighted by Gasteiger charge is 2.48. The number of nitrogens with zero attached hydrogens (tertiary/aromatic N) is 1. The van der Waals surface area contributed by atoms with E-state index in [-0.39, 0.29) is 12.0 Å². The maximum atomic E-state index is 11.7. The first kappa shape index (κ1) is 12.6. The standard InChI is InChI=1S/C9H16N2O5S/c1-15-9(12)11-7-5-16-4-6(7)3-8(11)10-17(2,13)14/h6-8,10H,3-5H2,1-2H3. The van der Waals surface area contributed by atoms with Crippen molar-refractivity contribution in [1.29, 1.82) is 0 Å². The first-order chi connectivity index (χ1) is 7.92. The quantitative estimate of drug-likeness (QED) is 0.716. The lowest BCUT2D eigenvalue weighted by Gasteiger charge is -2.27. The molecule has 17 heavy (non-hydrogen) atoms. The van der Waals surface area contributed by atoms with Gasteiger partial charge in [0, 0.05) is 5.92 Å². The lowest BCUT2D eigenvalue weighted by atomic mass is 10.0. The van der Waals surface area contributed by atoms with Crippen LogP contribution in [0.25, 0.3) is 0 Å². The predicted octanol–water partition coefficient (Wildman–Crippen LogP) is -0.651. The van der Waals surface area contributed by atoms with E-state index in [1.54, 1.807) is 0 Å². The summed E-state index contributed by atoms with van der Waals surface area (Å²) in [6.45, 7) is 0.988. The predicted molar refractivity (Wildman–Crippen MR) is 58.7 cm³/mol. The Hall–Kier alpha value is -0.860. The van der Waals surface area contributed by atoms with Crippen LogP contribution in [0.1, 0.15) is 6.42 Å². The maximum absolute atomic E-state index is 11.7. The van der Waals surface area contributed by atoms with Gasteiger partial charge in [-0.25, -0.2) is 13.2 Å². The molecule has 98 valence electrons. The summed E-state index contributed by atoms with van der Waals surface area (Å²) in [7, 11) is -2.07. The largest absolute Gasteiger partial charge is 0.453 e. The number of hydrogen-bond acceptors (Lipinski definition) is 5. The molecule has 2 heterocycles. The number of rotatable bonds is 2. The molecule has 0 aromatic rings. The Kier molecular flexibility index (Phi) is 3.28. The molecule has 2 aliphatic rings. The Morgan fingerprint density at radius 3 is 2.76 bits per heavy atom. The third-order valence-electron chi connectivity index (χ3n) is 3.12. The lowest BCUT2D eigenvalue weighted by molar-refractivity contribution is 0.0841. The Morgan fingerprint density at radius 2 is 2.18 bits per heavy atom. The molecule has 2 aliphatic heterocycles. The van der Waals surface area contributed by atoms with Crippen molar-refractivity contribution in [3.8, 4) is 0 Å². The summed E-state index contributed by atoms with van der Waals surface area (Å²) in [6, 6.07) is -0.0956.